The summed E-state index contributed by atoms with van der Waals surface area (Å²) in [5.74, 6) is 0. The van der Waals surface area contributed by atoms with Crippen LogP contribution >= 0.6 is 0 Å². The first-order valence-electron chi connectivity index (χ1n) is 4.84. The van der Waals surface area contributed by atoms with Crippen molar-refractivity contribution >= 4 is 9.28 Å². The molecular weight excluding hydrogens is 206 g/mol. The Morgan fingerprint density at radius 3 is 1.93 bits per heavy atom. The van der Waals surface area contributed by atoms with E-state index in [1.54, 1.807) is 14.2 Å². The van der Waals surface area contributed by atoms with Crippen LogP contribution in [0.4, 0.5) is 0 Å². The zero-order valence-corrected chi connectivity index (χ0v) is 10.9. The number of nitrogens with one attached hydrogen (secondary N) is 1. The molecule has 15 heavy (non-hydrogen) atoms. The maximum absolute atomic E-state index is 5.18. The van der Waals surface area contributed by atoms with Crippen molar-refractivity contribution in [2.75, 3.05) is 28.3 Å². The molecule has 0 aliphatic heterocycles. The average molecular weight is 226 g/mol. The summed E-state index contributed by atoms with van der Waals surface area (Å²) in [6, 6.07) is 11.1. The zero-order valence-electron chi connectivity index (χ0n) is 9.91. The standard InChI is InChI=1S/C9H13O2Si.C2H7N/c1-10-12(11-2)8-9-6-4-3-5-7-9;1-3-2/h3-7H,8H2,1-2H3;3H,1-2H3. The van der Waals surface area contributed by atoms with Gasteiger partial charge in [0.25, 0.3) is 0 Å². The lowest BCUT2D eigenvalue weighted by Crippen LogP contribution is -2.22. The highest BCUT2D eigenvalue weighted by molar-refractivity contribution is 6.43. The van der Waals surface area contributed by atoms with Crippen LogP contribution in [0.1, 0.15) is 5.56 Å². The van der Waals surface area contributed by atoms with Gasteiger partial charge in [0.1, 0.15) is 0 Å². The summed E-state index contributed by atoms with van der Waals surface area (Å²) >= 11 is 0. The second-order valence-electron chi connectivity index (χ2n) is 2.94. The summed E-state index contributed by atoms with van der Waals surface area (Å²) in [6.45, 7) is 0. The van der Waals surface area contributed by atoms with Gasteiger partial charge in [0.15, 0.2) is 0 Å². The van der Waals surface area contributed by atoms with Crippen molar-refractivity contribution in [3.8, 4) is 0 Å². The zero-order chi connectivity index (χ0) is 11.5. The molecule has 0 heterocycles. The van der Waals surface area contributed by atoms with Gasteiger partial charge in [0, 0.05) is 20.3 Å². The third-order valence-corrected chi connectivity index (χ3v) is 3.25. The van der Waals surface area contributed by atoms with E-state index in [9.17, 15) is 0 Å². The van der Waals surface area contributed by atoms with Gasteiger partial charge in [-0.15, -0.1) is 0 Å². The Hall–Kier alpha value is -0.683. The molecule has 1 rings (SSSR count). The molecule has 85 valence electrons. The Kier molecular flexibility index (Phi) is 9.41. The number of benzene rings is 1. The van der Waals surface area contributed by atoms with Gasteiger partial charge in [-0.25, -0.2) is 0 Å². The van der Waals surface area contributed by atoms with Crippen LogP contribution in [-0.2, 0) is 14.9 Å². The van der Waals surface area contributed by atoms with Gasteiger partial charge >= 0.3 is 9.28 Å². The average Bonchev–Trinajstić information content (AvgIpc) is 2.28. The molecule has 0 bridgehead atoms. The Balaban J connectivity index is 0.000000583. The van der Waals surface area contributed by atoms with Crippen LogP contribution in [0.3, 0.4) is 0 Å². The SMILES string of the molecule is CNC.CO[Si](Cc1ccccc1)OC. The van der Waals surface area contributed by atoms with E-state index in [0.29, 0.717) is 0 Å². The van der Waals surface area contributed by atoms with Crippen LogP contribution < -0.4 is 5.32 Å². The topological polar surface area (TPSA) is 30.5 Å². The summed E-state index contributed by atoms with van der Waals surface area (Å²) in [5, 5.41) is 2.75. The smallest absolute Gasteiger partial charge is 0.388 e. The minimum atomic E-state index is -1.08. The fourth-order valence-electron chi connectivity index (χ4n) is 0.990. The van der Waals surface area contributed by atoms with Crippen LogP contribution in [0, 0.1) is 0 Å². The molecule has 0 saturated carbocycles. The lowest BCUT2D eigenvalue weighted by molar-refractivity contribution is 0.277. The minimum absolute atomic E-state index is 0.901. The number of hydrogen-bond donors (Lipinski definition) is 1. The summed E-state index contributed by atoms with van der Waals surface area (Å²) in [5.41, 5.74) is 1.27. The van der Waals surface area contributed by atoms with Crippen molar-refractivity contribution in [1.82, 2.24) is 5.32 Å². The maximum atomic E-state index is 5.18. The van der Waals surface area contributed by atoms with Crippen LogP contribution in [0.15, 0.2) is 30.3 Å². The van der Waals surface area contributed by atoms with Gasteiger partial charge in [-0.3, -0.25) is 0 Å². The molecule has 1 N–H and O–H groups in total. The largest absolute Gasteiger partial charge is 0.397 e. The third-order valence-electron chi connectivity index (χ3n) is 1.65. The van der Waals surface area contributed by atoms with Gasteiger partial charge in [0.2, 0.25) is 0 Å². The second kappa shape index (κ2) is 9.86. The summed E-state index contributed by atoms with van der Waals surface area (Å²) in [4.78, 5) is 0. The van der Waals surface area contributed by atoms with E-state index in [4.69, 9.17) is 8.85 Å². The molecule has 4 heteroatoms. The van der Waals surface area contributed by atoms with Crippen LogP contribution in [0.5, 0.6) is 0 Å². The lowest BCUT2D eigenvalue weighted by Gasteiger charge is -2.08. The van der Waals surface area contributed by atoms with Gasteiger partial charge < -0.3 is 14.2 Å². The summed E-state index contributed by atoms with van der Waals surface area (Å²) in [7, 11) is 6.06. The fraction of sp³-hybridized carbons (Fsp3) is 0.455. The highest BCUT2D eigenvalue weighted by atomic mass is 28.3. The molecule has 0 atom stereocenters. The quantitative estimate of drug-likeness (QED) is 0.787. The van der Waals surface area contributed by atoms with E-state index in [0.717, 1.165) is 6.04 Å². The van der Waals surface area contributed by atoms with Crippen molar-refractivity contribution in [1.29, 1.82) is 0 Å². The molecule has 0 amide bonds. The summed E-state index contributed by atoms with van der Waals surface area (Å²) < 4.78 is 10.4. The molecule has 3 nitrogen and oxygen atoms in total. The highest BCUT2D eigenvalue weighted by Gasteiger charge is 2.11. The third kappa shape index (κ3) is 7.27. The molecule has 0 spiro atoms. The highest BCUT2D eigenvalue weighted by Crippen LogP contribution is 2.02. The van der Waals surface area contributed by atoms with Gasteiger partial charge in [-0.2, -0.15) is 0 Å². The van der Waals surface area contributed by atoms with Crippen molar-refractivity contribution in [2.45, 2.75) is 6.04 Å². The summed E-state index contributed by atoms with van der Waals surface area (Å²) in [6.07, 6.45) is 0. The fourth-order valence-corrected chi connectivity index (χ4v) is 2.01. The number of rotatable bonds is 4. The Morgan fingerprint density at radius 2 is 1.53 bits per heavy atom. The predicted octanol–water partition coefficient (Wildman–Crippen LogP) is 1.38. The molecule has 0 saturated heterocycles. The van der Waals surface area contributed by atoms with Crippen molar-refractivity contribution in [3.63, 3.8) is 0 Å². The molecule has 1 aromatic rings. The molecule has 0 aliphatic rings. The van der Waals surface area contributed by atoms with Crippen LogP contribution in [0.25, 0.3) is 0 Å². The predicted molar refractivity (Wildman–Crippen MR) is 64.9 cm³/mol. The van der Waals surface area contributed by atoms with Gasteiger partial charge in [-0.1, -0.05) is 30.3 Å². The maximum Gasteiger partial charge on any atom is 0.388 e. The molecule has 0 fully saturated rings. The first-order valence-corrected chi connectivity index (χ1v) is 6.37. The normalized spacial score (nSPS) is 9.67. The van der Waals surface area contributed by atoms with Crippen molar-refractivity contribution in [3.05, 3.63) is 35.9 Å². The van der Waals surface area contributed by atoms with E-state index in [1.807, 2.05) is 32.3 Å². The van der Waals surface area contributed by atoms with Crippen molar-refractivity contribution in [2.24, 2.45) is 0 Å². The Labute approximate surface area is 94.3 Å². The van der Waals surface area contributed by atoms with Gasteiger partial charge in [0.05, 0.1) is 0 Å². The van der Waals surface area contributed by atoms with Crippen molar-refractivity contribution < 1.29 is 8.85 Å². The number of hydrogen-bond acceptors (Lipinski definition) is 3. The van der Waals surface area contributed by atoms with E-state index in [1.165, 1.54) is 5.56 Å². The monoisotopic (exact) mass is 226 g/mol. The van der Waals surface area contributed by atoms with Crippen LogP contribution in [-0.4, -0.2) is 37.6 Å². The first-order chi connectivity index (χ1) is 7.28. The van der Waals surface area contributed by atoms with E-state index >= 15 is 0 Å². The molecule has 1 aromatic carbocycles. The van der Waals surface area contributed by atoms with E-state index < -0.39 is 9.28 Å². The molecule has 1 radical (unpaired) electrons. The molecule has 0 aromatic heterocycles. The van der Waals surface area contributed by atoms with Crippen LogP contribution in [0.2, 0.25) is 0 Å². The lowest BCUT2D eigenvalue weighted by atomic mass is 10.2. The molecular formula is C11H20NO2Si. The minimum Gasteiger partial charge on any atom is -0.397 e. The van der Waals surface area contributed by atoms with E-state index in [-0.39, 0.29) is 0 Å². The second-order valence-corrected chi connectivity index (χ2v) is 4.86. The molecule has 0 aliphatic carbocycles. The Bertz CT molecular complexity index is 227. The first kappa shape index (κ1) is 14.3. The van der Waals surface area contributed by atoms with E-state index in [2.05, 4.69) is 17.4 Å². The molecule has 0 unspecified atom stereocenters. The van der Waals surface area contributed by atoms with Gasteiger partial charge in [-0.05, 0) is 19.7 Å². The Morgan fingerprint density at radius 1 is 1.07 bits per heavy atom.